The van der Waals surface area contributed by atoms with Crippen LogP contribution in [0.4, 0.5) is 0 Å². The molecule has 0 aliphatic rings. The molecule has 0 amide bonds. The quantitative estimate of drug-likeness (QED) is 0.713. The van der Waals surface area contributed by atoms with E-state index in [4.69, 9.17) is 12.2 Å². The van der Waals surface area contributed by atoms with Gasteiger partial charge in [-0.15, -0.1) is 6.42 Å². The van der Waals surface area contributed by atoms with Crippen molar-refractivity contribution in [1.82, 2.24) is 4.90 Å². The number of nitrogens with zero attached hydrogens (tertiary/aromatic N) is 1. The highest BCUT2D eigenvalue weighted by molar-refractivity contribution is 5.18. The minimum Gasteiger partial charge on any atom is -0.324 e. The van der Waals surface area contributed by atoms with Gasteiger partial charge >= 0.3 is 0 Å². The standard InChI is InChI=1S/C16H24N2/c1-3-12-18(13-4-2)14-8-11-16(17)15-9-6-5-7-10-15/h1,5-7,9-10,16H,4,8,11-14,17H2,2H3. The first-order valence-corrected chi connectivity index (χ1v) is 6.74. The molecule has 1 aromatic rings. The van der Waals surface area contributed by atoms with E-state index in [9.17, 15) is 0 Å². The third kappa shape index (κ3) is 5.35. The fourth-order valence-corrected chi connectivity index (χ4v) is 2.12. The molecule has 1 atom stereocenters. The molecule has 0 saturated heterocycles. The molecule has 18 heavy (non-hydrogen) atoms. The van der Waals surface area contributed by atoms with Gasteiger partial charge in [0.25, 0.3) is 0 Å². The Kier molecular flexibility index (Phi) is 7.17. The van der Waals surface area contributed by atoms with Crippen LogP contribution in [-0.2, 0) is 0 Å². The summed E-state index contributed by atoms with van der Waals surface area (Å²) in [6.07, 6.45) is 8.61. The van der Waals surface area contributed by atoms with E-state index >= 15 is 0 Å². The van der Waals surface area contributed by atoms with Crippen molar-refractivity contribution in [2.75, 3.05) is 19.6 Å². The third-order valence-electron chi connectivity index (χ3n) is 3.07. The van der Waals surface area contributed by atoms with Gasteiger partial charge in [0.05, 0.1) is 6.54 Å². The van der Waals surface area contributed by atoms with Crippen LogP contribution in [0, 0.1) is 12.3 Å². The number of hydrogen-bond donors (Lipinski definition) is 1. The first-order chi connectivity index (χ1) is 8.77. The summed E-state index contributed by atoms with van der Waals surface area (Å²) in [4.78, 5) is 2.32. The van der Waals surface area contributed by atoms with Gasteiger partial charge in [0.2, 0.25) is 0 Å². The smallest absolute Gasteiger partial charge is 0.0598 e. The number of hydrogen-bond acceptors (Lipinski definition) is 2. The van der Waals surface area contributed by atoms with Crippen molar-refractivity contribution in [3.63, 3.8) is 0 Å². The van der Waals surface area contributed by atoms with Gasteiger partial charge in [-0.25, -0.2) is 0 Å². The van der Waals surface area contributed by atoms with Crippen LogP contribution in [0.1, 0.15) is 37.8 Å². The summed E-state index contributed by atoms with van der Waals surface area (Å²) in [5.74, 6) is 2.72. The van der Waals surface area contributed by atoms with E-state index in [1.54, 1.807) is 0 Å². The Labute approximate surface area is 111 Å². The molecule has 0 spiro atoms. The van der Waals surface area contributed by atoms with Crippen LogP contribution >= 0.6 is 0 Å². The molecule has 0 aromatic heterocycles. The second-order valence-corrected chi connectivity index (χ2v) is 4.64. The lowest BCUT2D eigenvalue weighted by Crippen LogP contribution is -2.26. The molecule has 0 saturated carbocycles. The topological polar surface area (TPSA) is 29.3 Å². The zero-order chi connectivity index (χ0) is 13.2. The van der Waals surface area contributed by atoms with E-state index in [-0.39, 0.29) is 6.04 Å². The second-order valence-electron chi connectivity index (χ2n) is 4.64. The third-order valence-corrected chi connectivity index (χ3v) is 3.07. The fraction of sp³-hybridized carbons (Fsp3) is 0.500. The van der Waals surface area contributed by atoms with E-state index < -0.39 is 0 Å². The molecule has 0 aliphatic heterocycles. The first-order valence-electron chi connectivity index (χ1n) is 6.74. The maximum Gasteiger partial charge on any atom is 0.0598 e. The van der Waals surface area contributed by atoms with Crippen molar-refractivity contribution in [3.8, 4) is 12.3 Å². The molecule has 2 N–H and O–H groups in total. The van der Waals surface area contributed by atoms with Gasteiger partial charge in [0.1, 0.15) is 0 Å². The lowest BCUT2D eigenvalue weighted by atomic mass is 10.0. The molecular weight excluding hydrogens is 220 g/mol. The van der Waals surface area contributed by atoms with E-state index in [1.807, 2.05) is 18.2 Å². The Balaban J connectivity index is 2.30. The summed E-state index contributed by atoms with van der Waals surface area (Å²) in [5.41, 5.74) is 7.39. The number of terminal acetylenes is 1. The minimum absolute atomic E-state index is 0.139. The minimum atomic E-state index is 0.139. The molecule has 2 nitrogen and oxygen atoms in total. The molecular formula is C16H24N2. The first kappa shape index (κ1) is 14.8. The Morgan fingerprint density at radius 1 is 1.28 bits per heavy atom. The Hall–Kier alpha value is -1.30. The highest BCUT2D eigenvalue weighted by Crippen LogP contribution is 2.15. The molecule has 98 valence electrons. The lowest BCUT2D eigenvalue weighted by Gasteiger charge is -2.20. The van der Waals surface area contributed by atoms with Crippen molar-refractivity contribution in [3.05, 3.63) is 35.9 Å². The number of rotatable bonds is 8. The summed E-state index contributed by atoms with van der Waals surface area (Å²) in [6, 6.07) is 10.4. The van der Waals surface area contributed by atoms with Crippen LogP contribution < -0.4 is 5.73 Å². The van der Waals surface area contributed by atoms with Crippen LogP contribution in [-0.4, -0.2) is 24.5 Å². The van der Waals surface area contributed by atoms with E-state index in [0.717, 1.165) is 38.9 Å². The predicted octanol–water partition coefficient (Wildman–Crippen LogP) is 2.81. The van der Waals surface area contributed by atoms with Crippen molar-refractivity contribution in [2.45, 2.75) is 32.2 Å². The molecule has 1 aromatic carbocycles. The highest BCUT2D eigenvalue weighted by atomic mass is 15.1. The zero-order valence-corrected chi connectivity index (χ0v) is 11.3. The van der Waals surface area contributed by atoms with Crippen molar-refractivity contribution in [2.24, 2.45) is 5.73 Å². The number of benzene rings is 1. The average Bonchev–Trinajstić information content (AvgIpc) is 2.40. The molecule has 0 aliphatic carbocycles. The zero-order valence-electron chi connectivity index (χ0n) is 11.3. The Morgan fingerprint density at radius 3 is 2.61 bits per heavy atom. The van der Waals surface area contributed by atoms with Gasteiger partial charge in [-0.2, -0.15) is 0 Å². The fourth-order valence-electron chi connectivity index (χ4n) is 2.12. The largest absolute Gasteiger partial charge is 0.324 e. The second kappa shape index (κ2) is 8.74. The number of nitrogens with two attached hydrogens (primary N) is 1. The molecule has 0 fully saturated rings. The summed E-state index contributed by atoms with van der Waals surface area (Å²) in [5, 5.41) is 0. The predicted molar refractivity (Wildman–Crippen MR) is 78.2 cm³/mol. The Bertz CT molecular complexity index is 353. The van der Waals surface area contributed by atoms with Gasteiger partial charge in [0, 0.05) is 6.04 Å². The van der Waals surface area contributed by atoms with Crippen molar-refractivity contribution in [1.29, 1.82) is 0 Å². The SMILES string of the molecule is C#CCN(CCC)CCCC(N)c1ccccc1. The molecule has 0 bridgehead atoms. The van der Waals surface area contributed by atoms with Crippen LogP contribution in [0.3, 0.4) is 0 Å². The van der Waals surface area contributed by atoms with E-state index in [2.05, 4.69) is 29.9 Å². The van der Waals surface area contributed by atoms with E-state index in [0.29, 0.717) is 0 Å². The monoisotopic (exact) mass is 244 g/mol. The summed E-state index contributed by atoms with van der Waals surface area (Å²) >= 11 is 0. The van der Waals surface area contributed by atoms with E-state index in [1.165, 1.54) is 5.56 Å². The molecule has 0 radical (unpaired) electrons. The molecule has 1 unspecified atom stereocenters. The summed E-state index contributed by atoms with van der Waals surface area (Å²) < 4.78 is 0. The average molecular weight is 244 g/mol. The van der Waals surface area contributed by atoms with Crippen molar-refractivity contribution >= 4 is 0 Å². The maximum absolute atomic E-state index is 6.17. The lowest BCUT2D eigenvalue weighted by molar-refractivity contribution is 0.297. The maximum atomic E-state index is 6.17. The van der Waals surface area contributed by atoms with Crippen LogP contribution in [0.2, 0.25) is 0 Å². The van der Waals surface area contributed by atoms with Crippen LogP contribution in [0.5, 0.6) is 0 Å². The van der Waals surface area contributed by atoms with Crippen molar-refractivity contribution < 1.29 is 0 Å². The summed E-state index contributed by atoms with van der Waals surface area (Å²) in [7, 11) is 0. The van der Waals surface area contributed by atoms with Gasteiger partial charge in [-0.3, -0.25) is 4.90 Å². The van der Waals surface area contributed by atoms with Gasteiger partial charge < -0.3 is 5.73 Å². The summed E-state index contributed by atoms with van der Waals surface area (Å²) in [6.45, 7) is 5.04. The molecule has 0 heterocycles. The van der Waals surface area contributed by atoms with Crippen LogP contribution in [0.15, 0.2) is 30.3 Å². The normalized spacial score (nSPS) is 12.3. The molecule has 1 rings (SSSR count). The van der Waals surface area contributed by atoms with Crippen LogP contribution in [0.25, 0.3) is 0 Å². The molecule has 2 heteroatoms. The van der Waals surface area contributed by atoms with Gasteiger partial charge in [0.15, 0.2) is 0 Å². The van der Waals surface area contributed by atoms with Gasteiger partial charge in [-0.05, 0) is 37.9 Å². The highest BCUT2D eigenvalue weighted by Gasteiger charge is 2.07. The Morgan fingerprint density at radius 2 is 2.00 bits per heavy atom. The van der Waals surface area contributed by atoms with Gasteiger partial charge in [-0.1, -0.05) is 43.2 Å².